The van der Waals surface area contributed by atoms with E-state index in [0.29, 0.717) is 0 Å². The Morgan fingerprint density at radius 3 is 2.50 bits per heavy atom. The van der Waals surface area contributed by atoms with Gasteiger partial charge >= 0.3 is 12.1 Å². The highest BCUT2D eigenvalue weighted by Gasteiger charge is 1.96. The average molecular weight is 145 g/mol. The molecule has 0 aliphatic rings. The minimum atomic E-state index is -1.02. The third kappa shape index (κ3) is 4.69. The van der Waals surface area contributed by atoms with E-state index in [1.165, 1.54) is 0 Å². The molecule has 0 fully saturated rings. The topological polar surface area (TPSA) is 94.1 Å². The van der Waals surface area contributed by atoms with Gasteiger partial charge in [0, 0.05) is 0 Å². The highest BCUT2D eigenvalue weighted by Crippen LogP contribution is 1.83. The fraction of sp³-hybridized carbons (Fsp3) is 0.500. The number of hydrogen-bond donors (Lipinski definition) is 1. The number of primary amides is 1. The van der Waals surface area contributed by atoms with E-state index in [0.717, 1.165) is 0 Å². The summed E-state index contributed by atoms with van der Waals surface area (Å²) in [5.74, 6) is 0. The molecule has 56 valence electrons. The van der Waals surface area contributed by atoms with Crippen LogP contribution in [0.5, 0.6) is 0 Å². The highest BCUT2D eigenvalue weighted by atomic mass is 16.5. The zero-order valence-corrected chi connectivity index (χ0v) is 5.40. The van der Waals surface area contributed by atoms with E-state index in [-0.39, 0.29) is 6.61 Å². The summed E-state index contributed by atoms with van der Waals surface area (Å²) in [7, 11) is 0. The molecule has 0 aromatic carbocycles. The number of urea groups is 1. The van der Waals surface area contributed by atoms with Crippen molar-refractivity contribution in [3.63, 3.8) is 0 Å². The Morgan fingerprint density at radius 1 is 1.50 bits per heavy atom. The minimum absolute atomic E-state index is 0.191. The Hall–Kier alpha value is -1.46. The molecule has 0 aromatic heterocycles. The van der Waals surface area contributed by atoms with Crippen molar-refractivity contribution in [2.24, 2.45) is 16.0 Å². The summed E-state index contributed by atoms with van der Waals surface area (Å²) in [4.78, 5) is 20.1. The molecular weight excluding hydrogens is 138 g/mol. The summed E-state index contributed by atoms with van der Waals surface area (Å²) in [6.07, 6.45) is -0.915. The Balaban J connectivity index is 3.67. The first-order valence-electron chi connectivity index (χ1n) is 2.54. The Bertz CT molecular complexity index is 165. The molecule has 0 saturated carbocycles. The van der Waals surface area contributed by atoms with Gasteiger partial charge in [-0.3, -0.25) is 0 Å². The number of hydrogen-bond acceptors (Lipinski definition) is 3. The monoisotopic (exact) mass is 145 g/mol. The maximum absolute atomic E-state index is 10.3. The highest BCUT2D eigenvalue weighted by molar-refractivity contribution is 5.75. The number of amides is 3. The van der Waals surface area contributed by atoms with Crippen LogP contribution in [0.1, 0.15) is 6.92 Å². The molecule has 2 N–H and O–H groups in total. The normalized spacial score (nSPS) is 9.70. The van der Waals surface area contributed by atoms with Crippen LogP contribution in [0.2, 0.25) is 0 Å². The van der Waals surface area contributed by atoms with Gasteiger partial charge in [-0.1, -0.05) is 10.2 Å². The molecule has 0 aliphatic carbocycles. The second-order valence-corrected chi connectivity index (χ2v) is 1.24. The minimum Gasteiger partial charge on any atom is -0.447 e. The fourth-order valence-corrected chi connectivity index (χ4v) is 0.242. The fourth-order valence-electron chi connectivity index (χ4n) is 0.242. The van der Waals surface area contributed by atoms with E-state index < -0.39 is 12.1 Å². The third-order valence-electron chi connectivity index (χ3n) is 0.498. The second kappa shape index (κ2) is 4.42. The smallest absolute Gasteiger partial charge is 0.447 e. The third-order valence-corrected chi connectivity index (χ3v) is 0.498. The van der Waals surface area contributed by atoms with Crippen LogP contribution in [0, 0.1) is 0 Å². The number of nitrogens with zero attached hydrogens (tertiary/aromatic N) is 2. The molecule has 0 atom stereocenters. The second-order valence-electron chi connectivity index (χ2n) is 1.24. The molecule has 0 unspecified atom stereocenters. The maximum atomic E-state index is 10.3. The number of carbonyl (C=O) groups excluding carboxylic acids is 2. The summed E-state index contributed by atoms with van der Waals surface area (Å²) in [6, 6.07) is -1.02. The lowest BCUT2D eigenvalue weighted by molar-refractivity contribution is 0.161. The lowest BCUT2D eigenvalue weighted by atomic mass is 10.9. The van der Waals surface area contributed by atoms with Crippen LogP contribution >= 0.6 is 0 Å². The molecular formula is C4H7N3O3. The van der Waals surface area contributed by atoms with Gasteiger partial charge in [-0.15, -0.1) is 0 Å². The van der Waals surface area contributed by atoms with Gasteiger partial charge in [0.25, 0.3) is 0 Å². The molecule has 3 amide bonds. The van der Waals surface area contributed by atoms with Gasteiger partial charge in [0.2, 0.25) is 0 Å². The summed E-state index contributed by atoms with van der Waals surface area (Å²) in [6.45, 7) is 1.80. The van der Waals surface area contributed by atoms with Crippen molar-refractivity contribution in [2.75, 3.05) is 6.61 Å². The van der Waals surface area contributed by atoms with Crippen molar-refractivity contribution in [3.8, 4) is 0 Å². The van der Waals surface area contributed by atoms with E-state index in [9.17, 15) is 9.59 Å². The van der Waals surface area contributed by atoms with E-state index >= 15 is 0 Å². The van der Waals surface area contributed by atoms with Gasteiger partial charge in [0.05, 0.1) is 6.61 Å². The van der Waals surface area contributed by atoms with Crippen LogP contribution in [0.4, 0.5) is 9.59 Å². The van der Waals surface area contributed by atoms with Gasteiger partial charge in [-0.05, 0) is 6.92 Å². The number of azo groups is 1. The number of rotatable bonds is 1. The lowest BCUT2D eigenvalue weighted by Crippen LogP contribution is -2.04. The van der Waals surface area contributed by atoms with Gasteiger partial charge in [-0.25, -0.2) is 9.59 Å². The van der Waals surface area contributed by atoms with E-state index in [1.54, 1.807) is 6.92 Å². The quantitative estimate of drug-likeness (QED) is 0.549. The van der Waals surface area contributed by atoms with E-state index in [4.69, 9.17) is 0 Å². The van der Waals surface area contributed by atoms with Gasteiger partial charge < -0.3 is 10.5 Å². The van der Waals surface area contributed by atoms with E-state index in [1.807, 2.05) is 0 Å². The summed E-state index contributed by atoms with van der Waals surface area (Å²) < 4.78 is 4.29. The van der Waals surface area contributed by atoms with Crippen LogP contribution in [0.15, 0.2) is 10.2 Å². The van der Waals surface area contributed by atoms with Crippen molar-refractivity contribution in [1.82, 2.24) is 0 Å². The van der Waals surface area contributed by atoms with Crippen LogP contribution in [-0.4, -0.2) is 18.7 Å². The van der Waals surface area contributed by atoms with Crippen molar-refractivity contribution in [2.45, 2.75) is 6.92 Å². The largest absolute Gasteiger partial charge is 0.452 e. The molecule has 0 bridgehead atoms. The first-order valence-corrected chi connectivity index (χ1v) is 2.54. The number of nitrogens with two attached hydrogens (primary N) is 1. The standard InChI is InChI=1S/C4H7N3O3/c1-2-10-4(9)7-6-3(5)8/h2H2,1H3,(H2,5,8)/b7-6+. The predicted molar refractivity (Wildman–Crippen MR) is 31.5 cm³/mol. The molecule has 0 radical (unpaired) electrons. The van der Waals surface area contributed by atoms with Crippen molar-refractivity contribution in [1.29, 1.82) is 0 Å². The average Bonchev–Trinajstić information content (AvgIpc) is 1.85. The molecule has 0 rings (SSSR count). The molecule has 6 nitrogen and oxygen atoms in total. The summed E-state index contributed by atoms with van der Waals surface area (Å²) in [5, 5.41) is 5.54. The number of ether oxygens (including phenoxy) is 1. The van der Waals surface area contributed by atoms with Crippen molar-refractivity contribution < 1.29 is 14.3 Å². The molecule has 0 heterocycles. The van der Waals surface area contributed by atoms with Crippen LogP contribution in [0.25, 0.3) is 0 Å². The Morgan fingerprint density at radius 2 is 2.10 bits per heavy atom. The van der Waals surface area contributed by atoms with Crippen LogP contribution in [0.3, 0.4) is 0 Å². The van der Waals surface area contributed by atoms with Crippen molar-refractivity contribution in [3.05, 3.63) is 0 Å². The molecule has 0 spiro atoms. The molecule has 0 aromatic rings. The Kier molecular flexibility index (Phi) is 3.78. The zero-order chi connectivity index (χ0) is 7.98. The Labute approximate surface area is 57.1 Å². The molecule has 0 saturated heterocycles. The first-order chi connectivity index (χ1) is 4.66. The summed E-state index contributed by atoms with van der Waals surface area (Å²) >= 11 is 0. The molecule has 6 heteroatoms. The maximum Gasteiger partial charge on any atom is 0.452 e. The molecule has 0 aliphatic heterocycles. The van der Waals surface area contributed by atoms with E-state index in [2.05, 4.69) is 20.7 Å². The van der Waals surface area contributed by atoms with Gasteiger partial charge in [0.15, 0.2) is 0 Å². The molecule has 10 heavy (non-hydrogen) atoms. The van der Waals surface area contributed by atoms with Crippen LogP contribution in [-0.2, 0) is 4.74 Å². The zero-order valence-electron chi connectivity index (χ0n) is 5.40. The van der Waals surface area contributed by atoms with Crippen LogP contribution < -0.4 is 5.73 Å². The first kappa shape index (κ1) is 8.54. The SMILES string of the molecule is CCOC(=O)/N=N/C(N)=O. The predicted octanol–water partition coefficient (Wildman–Crippen LogP) is 0.674. The number of carbonyl (C=O) groups is 2. The van der Waals surface area contributed by atoms with Crippen molar-refractivity contribution >= 4 is 12.1 Å². The lowest BCUT2D eigenvalue weighted by Gasteiger charge is -1.90. The van der Waals surface area contributed by atoms with Gasteiger partial charge in [-0.2, -0.15) is 0 Å². The summed E-state index contributed by atoms with van der Waals surface area (Å²) in [5.41, 5.74) is 4.53. The van der Waals surface area contributed by atoms with Gasteiger partial charge in [0.1, 0.15) is 0 Å².